The van der Waals surface area contributed by atoms with Crippen molar-refractivity contribution in [3.05, 3.63) is 89.2 Å². The lowest BCUT2D eigenvalue weighted by Crippen LogP contribution is -2.42. The van der Waals surface area contributed by atoms with Crippen molar-refractivity contribution >= 4 is 33.4 Å². The first-order valence-electron chi connectivity index (χ1n) is 18.7. The number of hydrogen-bond acceptors (Lipinski definition) is 6. The molecule has 274 valence electrons. The molecule has 0 unspecified atom stereocenters. The van der Waals surface area contributed by atoms with Gasteiger partial charge in [0.05, 0.1) is 21.8 Å². The van der Waals surface area contributed by atoms with Gasteiger partial charge in [-0.1, -0.05) is 39.8 Å². The molecule has 0 bridgehead atoms. The van der Waals surface area contributed by atoms with Crippen molar-refractivity contribution in [3.8, 4) is 0 Å². The molecular formula is C41H54N4O6. The number of aromatic amines is 1. The molecule has 2 aromatic heterocycles. The monoisotopic (exact) mass is 698 g/mol. The molecule has 1 N–H and O–H groups in total. The Kier molecular flexibility index (Phi) is 11.8. The first-order valence-corrected chi connectivity index (χ1v) is 18.7. The fourth-order valence-electron chi connectivity index (χ4n) is 8.30. The van der Waals surface area contributed by atoms with Crippen LogP contribution < -0.4 is 22.5 Å². The molecule has 2 saturated carbocycles. The standard InChI is InChI=1S/C21H28N2O3.C20H26N2O3/c1-13(2)16-6-8-17(9-7-16)23-20(25)18-12-15(11-14(3)24)5-10-19(18)22(4)21(23)26;1-12(2)15-5-7-16(8-6-15)22-19(24)17-11-14(10-13(3)23)4-9-18(17)21-20(22)25/h5,10,12-13,16-17H,6-9,11H2,1-4H3;4,9,11-12,15-16H,5-8,10H2,1-3H3,(H,21,25). The van der Waals surface area contributed by atoms with Crippen molar-refractivity contribution < 1.29 is 9.59 Å². The van der Waals surface area contributed by atoms with E-state index in [-0.39, 0.29) is 46.1 Å². The summed E-state index contributed by atoms with van der Waals surface area (Å²) < 4.78 is 4.41. The maximum Gasteiger partial charge on any atom is 0.331 e. The van der Waals surface area contributed by atoms with E-state index in [2.05, 4.69) is 32.7 Å². The van der Waals surface area contributed by atoms with Crippen LogP contribution in [0.3, 0.4) is 0 Å². The maximum atomic E-state index is 13.1. The van der Waals surface area contributed by atoms with Crippen LogP contribution >= 0.6 is 0 Å². The molecule has 0 radical (unpaired) electrons. The summed E-state index contributed by atoms with van der Waals surface area (Å²) in [6, 6.07) is 10.6. The van der Waals surface area contributed by atoms with Gasteiger partial charge in [0.1, 0.15) is 11.6 Å². The van der Waals surface area contributed by atoms with E-state index < -0.39 is 0 Å². The summed E-state index contributed by atoms with van der Waals surface area (Å²) in [5.74, 6) is 2.74. The van der Waals surface area contributed by atoms with Crippen molar-refractivity contribution in [1.82, 2.24) is 18.7 Å². The Labute approximate surface area is 298 Å². The van der Waals surface area contributed by atoms with Crippen molar-refractivity contribution in [1.29, 1.82) is 0 Å². The third kappa shape index (κ3) is 8.42. The lowest BCUT2D eigenvalue weighted by Gasteiger charge is -2.31. The number of ketones is 2. The average molecular weight is 699 g/mol. The number of nitrogens with zero attached hydrogens (tertiary/aromatic N) is 3. The summed E-state index contributed by atoms with van der Waals surface area (Å²) in [5.41, 5.74) is 1.75. The molecule has 0 spiro atoms. The molecule has 0 aliphatic heterocycles. The van der Waals surface area contributed by atoms with E-state index in [0.29, 0.717) is 58.3 Å². The van der Waals surface area contributed by atoms with Gasteiger partial charge in [-0.15, -0.1) is 0 Å². The van der Waals surface area contributed by atoms with E-state index in [0.717, 1.165) is 62.5 Å². The molecule has 2 aliphatic carbocycles. The van der Waals surface area contributed by atoms with Crippen LogP contribution in [0.5, 0.6) is 0 Å². The van der Waals surface area contributed by atoms with Crippen LogP contribution in [0.1, 0.15) is 116 Å². The summed E-state index contributed by atoms with van der Waals surface area (Å²) >= 11 is 0. The van der Waals surface area contributed by atoms with Crippen LogP contribution in [0.25, 0.3) is 21.8 Å². The van der Waals surface area contributed by atoms with Gasteiger partial charge in [-0.05, 0) is 124 Å². The molecule has 51 heavy (non-hydrogen) atoms. The highest BCUT2D eigenvalue weighted by atomic mass is 16.2. The Morgan fingerprint density at radius 1 is 0.667 bits per heavy atom. The minimum Gasteiger partial charge on any atom is -0.307 e. The third-order valence-corrected chi connectivity index (χ3v) is 11.4. The Hall–Kier alpha value is -4.34. The second kappa shape index (κ2) is 15.9. The van der Waals surface area contributed by atoms with E-state index in [4.69, 9.17) is 0 Å². The van der Waals surface area contributed by atoms with Gasteiger partial charge in [-0.2, -0.15) is 0 Å². The molecule has 2 aliphatic rings. The number of hydrogen-bond donors (Lipinski definition) is 1. The van der Waals surface area contributed by atoms with Crippen LogP contribution in [-0.2, 0) is 29.5 Å². The summed E-state index contributed by atoms with van der Waals surface area (Å²) in [4.78, 5) is 77.0. The first kappa shape index (κ1) is 37.9. The van der Waals surface area contributed by atoms with Crippen LogP contribution in [0.2, 0.25) is 0 Å². The average Bonchev–Trinajstić information content (AvgIpc) is 3.08. The molecule has 0 amide bonds. The number of aromatic nitrogens is 4. The highest BCUT2D eigenvalue weighted by Crippen LogP contribution is 2.36. The lowest BCUT2D eigenvalue weighted by atomic mass is 9.79. The largest absolute Gasteiger partial charge is 0.331 e. The number of benzene rings is 2. The molecule has 2 heterocycles. The van der Waals surface area contributed by atoms with Crippen molar-refractivity contribution in [2.75, 3.05) is 0 Å². The van der Waals surface area contributed by atoms with Gasteiger partial charge in [0.15, 0.2) is 0 Å². The fourth-order valence-corrected chi connectivity index (χ4v) is 8.30. The Bertz CT molecular complexity index is 2150. The van der Waals surface area contributed by atoms with E-state index in [1.807, 2.05) is 6.07 Å². The third-order valence-electron chi connectivity index (χ3n) is 11.4. The van der Waals surface area contributed by atoms with Gasteiger partial charge < -0.3 is 4.98 Å². The van der Waals surface area contributed by atoms with E-state index >= 15 is 0 Å². The smallest absolute Gasteiger partial charge is 0.307 e. The molecule has 4 aromatic rings. The number of fused-ring (bicyclic) bond motifs is 2. The van der Waals surface area contributed by atoms with Gasteiger partial charge in [-0.3, -0.25) is 32.9 Å². The lowest BCUT2D eigenvalue weighted by molar-refractivity contribution is -0.117. The normalized spacial score (nSPS) is 20.8. The Morgan fingerprint density at radius 3 is 1.61 bits per heavy atom. The number of aryl methyl sites for hydroxylation is 1. The summed E-state index contributed by atoms with van der Waals surface area (Å²) in [6.45, 7) is 12.0. The molecule has 0 atom stereocenters. The van der Waals surface area contributed by atoms with Gasteiger partial charge in [0.25, 0.3) is 11.1 Å². The predicted octanol–water partition coefficient (Wildman–Crippen LogP) is 6.43. The molecule has 6 rings (SSSR count). The number of carbonyl (C=O) groups is 2. The molecular weight excluding hydrogens is 644 g/mol. The highest BCUT2D eigenvalue weighted by Gasteiger charge is 2.28. The van der Waals surface area contributed by atoms with Gasteiger partial charge >= 0.3 is 11.4 Å². The summed E-state index contributed by atoms with van der Waals surface area (Å²) in [7, 11) is 1.71. The van der Waals surface area contributed by atoms with E-state index in [1.54, 1.807) is 41.9 Å². The SMILES string of the molecule is CC(=O)Cc1ccc2[nH]c(=O)n(C3CCC(C(C)C)CC3)c(=O)c2c1.CC(=O)Cc1ccc2c(c1)c(=O)n(C1CCC(C(C)C)CC1)c(=O)n2C. The van der Waals surface area contributed by atoms with Crippen LogP contribution in [0.15, 0.2) is 55.6 Å². The van der Waals surface area contributed by atoms with Gasteiger partial charge in [0, 0.05) is 32.0 Å². The first-order chi connectivity index (χ1) is 24.2. The fraction of sp³-hybridized carbons (Fsp3) is 0.561. The maximum absolute atomic E-state index is 13.1. The van der Waals surface area contributed by atoms with Crippen LogP contribution in [-0.4, -0.2) is 30.3 Å². The second-order valence-electron chi connectivity index (χ2n) is 15.7. The van der Waals surface area contributed by atoms with E-state index in [1.165, 1.54) is 23.0 Å². The molecule has 10 heteroatoms. The topological polar surface area (TPSA) is 133 Å². The van der Waals surface area contributed by atoms with Crippen molar-refractivity contribution in [2.24, 2.45) is 30.7 Å². The molecule has 10 nitrogen and oxygen atoms in total. The number of nitrogens with one attached hydrogen (secondary N) is 1. The van der Waals surface area contributed by atoms with Crippen LogP contribution in [0.4, 0.5) is 0 Å². The quantitative estimate of drug-likeness (QED) is 0.226. The number of rotatable bonds is 8. The molecule has 0 saturated heterocycles. The molecule has 2 aromatic carbocycles. The Morgan fingerprint density at radius 2 is 1.12 bits per heavy atom. The summed E-state index contributed by atoms with van der Waals surface area (Å²) in [5, 5.41) is 1.01. The second-order valence-corrected chi connectivity index (χ2v) is 15.7. The highest BCUT2D eigenvalue weighted by molar-refractivity contribution is 5.83. The minimum atomic E-state index is -0.329. The number of H-pyrrole nitrogens is 1. The van der Waals surface area contributed by atoms with Crippen LogP contribution in [0, 0.1) is 23.7 Å². The summed E-state index contributed by atoms with van der Waals surface area (Å²) in [6.07, 6.45) is 8.29. The van der Waals surface area contributed by atoms with Crippen molar-refractivity contribution in [3.63, 3.8) is 0 Å². The van der Waals surface area contributed by atoms with Gasteiger partial charge in [0.2, 0.25) is 0 Å². The number of Topliss-reactive ketones (excluding diaryl/α,β-unsaturated/α-hetero) is 2. The number of carbonyl (C=O) groups excluding carboxylic acids is 2. The zero-order valence-electron chi connectivity index (χ0n) is 31.3. The zero-order valence-corrected chi connectivity index (χ0v) is 31.3. The van der Waals surface area contributed by atoms with Crippen molar-refractivity contribution in [2.45, 2.75) is 118 Å². The van der Waals surface area contributed by atoms with E-state index in [9.17, 15) is 28.8 Å². The predicted molar refractivity (Wildman–Crippen MR) is 203 cm³/mol. The Balaban J connectivity index is 0.000000198. The zero-order chi connectivity index (χ0) is 37.1. The van der Waals surface area contributed by atoms with Gasteiger partial charge in [-0.25, -0.2) is 9.59 Å². The molecule has 2 fully saturated rings. The minimum absolute atomic E-state index is 0.0305.